The summed E-state index contributed by atoms with van der Waals surface area (Å²) in [7, 11) is -4.17. The minimum Gasteiger partial charge on any atom is -0.367 e. The predicted molar refractivity (Wildman–Crippen MR) is 131 cm³/mol. The van der Waals surface area contributed by atoms with Gasteiger partial charge in [-0.1, -0.05) is 18.5 Å². The number of pyridine rings is 1. The summed E-state index contributed by atoms with van der Waals surface area (Å²) in [4.78, 5) is 20.8. The molecule has 0 saturated carbocycles. The standard InChI is InChI=1S/C24H24ClFN4O3S/c1-2-29-11-13-30(14-12-29)23-6-4-19(16-21(23)26)34(32,33)28-22-5-3-18(25)15-20(22)24(31)17-7-9-27-10-8-17/h3-10,15-16,28H,2,11-14H2,1H3. The van der Waals surface area contributed by atoms with E-state index in [1.807, 2.05) is 4.90 Å². The normalized spacial score (nSPS) is 14.7. The van der Waals surface area contributed by atoms with Crippen molar-refractivity contribution in [2.24, 2.45) is 0 Å². The molecule has 7 nitrogen and oxygen atoms in total. The van der Waals surface area contributed by atoms with Crippen LogP contribution in [0.25, 0.3) is 0 Å². The average Bonchev–Trinajstić information content (AvgIpc) is 2.85. The second-order valence-electron chi connectivity index (χ2n) is 7.89. The molecule has 2 aromatic carbocycles. The van der Waals surface area contributed by atoms with Crippen LogP contribution in [0.3, 0.4) is 0 Å². The van der Waals surface area contributed by atoms with Gasteiger partial charge in [0, 0.05) is 54.7 Å². The molecule has 0 radical (unpaired) electrons. The molecule has 10 heteroatoms. The zero-order valence-electron chi connectivity index (χ0n) is 18.5. The molecule has 1 aromatic heterocycles. The van der Waals surface area contributed by atoms with Crippen LogP contribution < -0.4 is 9.62 Å². The van der Waals surface area contributed by atoms with Crippen LogP contribution in [0.1, 0.15) is 22.8 Å². The Morgan fingerprint density at radius 1 is 1.06 bits per heavy atom. The van der Waals surface area contributed by atoms with Crippen LogP contribution in [-0.2, 0) is 10.0 Å². The van der Waals surface area contributed by atoms with Crippen molar-refractivity contribution in [3.05, 3.63) is 82.9 Å². The van der Waals surface area contributed by atoms with Gasteiger partial charge in [0.05, 0.1) is 16.3 Å². The number of hydrogen-bond acceptors (Lipinski definition) is 6. The van der Waals surface area contributed by atoms with Gasteiger partial charge in [0.25, 0.3) is 10.0 Å². The van der Waals surface area contributed by atoms with E-state index < -0.39 is 21.6 Å². The third kappa shape index (κ3) is 5.22. The molecule has 2 heterocycles. The lowest BCUT2D eigenvalue weighted by molar-refractivity contribution is 0.103. The molecule has 0 unspecified atom stereocenters. The number of nitrogens with one attached hydrogen (secondary N) is 1. The van der Waals surface area contributed by atoms with Gasteiger partial charge in [-0.05, 0) is 55.1 Å². The van der Waals surface area contributed by atoms with Crippen molar-refractivity contribution in [3.63, 3.8) is 0 Å². The lowest BCUT2D eigenvalue weighted by Crippen LogP contribution is -2.46. The summed E-state index contributed by atoms with van der Waals surface area (Å²) in [6.45, 7) is 6.00. The Labute approximate surface area is 203 Å². The Bertz CT molecular complexity index is 1300. The van der Waals surface area contributed by atoms with Gasteiger partial charge in [0.1, 0.15) is 5.82 Å². The molecular weight excluding hydrogens is 479 g/mol. The fraction of sp³-hybridized carbons (Fsp3) is 0.250. The lowest BCUT2D eigenvalue weighted by atomic mass is 10.0. The number of aromatic nitrogens is 1. The molecule has 3 aromatic rings. The third-order valence-electron chi connectivity index (χ3n) is 5.80. The van der Waals surface area contributed by atoms with Crippen molar-refractivity contribution in [3.8, 4) is 0 Å². The van der Waals surface area contributed by atoms with Crippen LogP contribution in [0.2, 0.25) is 5.02 Å². The van der Waals surface area contributed by atoms with Gasteiger partial charge in [0.2, 0.25) is 0 Å². The smallest absolute Gasteiger partial charge is 0.262 e. The molecule has 0 amide bonds. The summed E-state index contributed by atoms with van der Waals surface area (Å²) in [6, 6.07) is 11.2. The highest BCUT2D eigenvalue weighted by molar-refractivity contribution is 7.92. The molecule has 0 aliphatic carbocycles. The first-order chi connectivity index (χ1) is 16.3. The Morgan fingerprint density at radius 2 is 1.76 bits per heavy atom. The molecule has 1 aliphatic rings. The summed E-state index contributed by atoms with van der Waals surface area (Å²) in [6.07, 6.45) is 2.93. The molecule has 1 N–H and O–H groups in total. The van der Waals surface area contributed by atoms with Crippen LogP contribution in [0.4, 0.5) is 15.8 Å². The van der Waals surface area contributed by atoms with E-state index in [1.165, 1.54) is 54.9 Å². The zero-order valence-corrected chi connectivity index (χ0v) is 20.1. The average molecular weight is 503 g/mol. The molecule has 0 spiro atoms. The fourth-order valence-corrected chi connectivity index (χ4v) is 5.14. The quantitative estimate of drug-likeness (QED) is 0.491. The van der Waals surface area contributed by atoms with Crippen molar-refractivity contribution < 1.29 is 17.6 Å². The highest BCUT2D eigenvalue weighted by atomic mass is 35.5. The Hall–Kier alpha value is -3.01. The van der Waals surface area contributed by atoms with Gasteiger partial charge in [-0.3, -0.25) is 14.5 Å². The maximum Gasteiger partial charge on any atom is 0.262 e. The lowest BCUT2D eigenvalue weighted by Gasteiger charge is -2.35. The van der Waals surface area contributed by atoms with Crippen molar-refractivity contribution in [2.45, 2.75) is 11.8 Å². The third-order valence-corrected chi connectivity index (χ3v) is 7.40. The van der Waals surface area contributed by atoms with Crippen molar-refractivity contribution in [1.82, 2.24) is 9.88 Å². The van der Waals surface area contributed by atoms with E-state index >= 15 is 0 Å². The monoisotopic (exact) mass is 502 g/mol. The molecule has 0 atom stereocenters. The van der Waals surface area contributed by atoms with E-state index in [-0.39, 0.29) is 21.2 Å². The van der Waals surface area contributed by atoms with E-state index in [0.29, 0.717) is 24.3 Å². The number of likely N-dealkylation sites (N-methyl/N-ethyl adjacent to an activating group) is 1. The number of benzene rings is 2. The minimum absolute atomic E-state index is 0.0476. The van der Waals surface area contributed by atoms with Gasteiger partial charge in [-0.15, -0.1) is 0 Å². The summed E-state index contributed by atoms with van der Waals surface area (Å²) in [5.74, 6) is -1.03. The second kappa shape index (κ2) is 10.1. The molecule has 1 saturated heterocycles. The van der Waals surface area contributed by atoms with E-state index in [2.05, 4.69) is 21.5 Å². The second-order valence-corrected chi connectivity index (χ2v) is 10.0. The first kappa shape index (κ1) is 24.1. The number of nitrogens with zero attached hydrogens (tertiary/aromatic N) is 3. The Balaban J connectivity index is 1.59. The van der Waals surface area contributed by atoms with Crippen LogP contribution in [0.5, 0.6) is 0 Å². The zero-order chi connectivity index (χ0) is 24.3. The largest absolute Gasteiger partial charge is 0.367 e. The van der Waals surface area contributed by atoms with Gasteiger partial charge >= 0.3 is 0 Å². The predicted octanol–water partition coefficient (Wildman–Crippen LogP) is 4.05. The topological polar surface area (TPSA) is 82.6 Å². The molecule has 0 bridgehead atoms. The Kier molecular flexibility index (Phi) is 7.16. The maximum absolute atomic E-state index is 14.9. The number of carbonyl (C=O) groups excluding carboxylic acids is 1. The number of carbonyl (C=O) groups is 1. The summed E-state index contributed by atoms with van der Waals surface area (Å²) >= 11 is 6.07. The number of piperazine rings is 1. The molecule has 4 rings (SSSR count). The van der Waals surface area contributed by atoms with E-state index in [9.17, 15) is 17.6 Å². The summed E-state index contributed by atoms with van der Waals surface area (Å²) in [5, 5.41) is 0.277. The number of halogens is 2. The minimum atomic E-state index is -4.17. The number of rotatable bonds is 7. The van der Waals surface area contributed by atoms with Gasteiger partial charge < -0.3 is 9.80 Å². The van der Waals surface area contributed by atoms with Gasteiger partial charge in [-0.2, -0.15) is 0 Å². The fourth-order valence-electron chi connectivity index (χ4n) is 3.87. The van der Waals surface area contributed by atoms with E-state index in [1.54, 1.807) is 0 Å². The Morgan fingerprint density at radius 3 is 2.41 bits per heavy atom. The van der Waals surface area contributed by atoms with Crippen LogP contribution in [0, 0.1) is 5.82 Å². The van der Waals surface area contributed by atoms with Gasteiger partial charge in [0.15, 0.2) is 5.78 Å². The molecule has 34 heavy (non-hydrogen) atoms. The van der Waals surface area contributed by atoms with Crippen molar-refractivity contribution in [2.75, 3.05) is 42.3 Å². The number of anilines is 2. The highest BCUT2D eigenvalue weighted by Crippen LogP contribution is 2.28. The molecular formula is C24H24ClFN4O3S. The van der Waals surface area contributed by atoms with Crippen molar-refractivity contribution in [1.29, 1.82) is 0 Å². The first-order valence-electron chi connectivity index (χ1n) is 10.8. The van der Waals surface area contributed by atoms with Crippen molar-refractivity contribution >= 4 is 38.8 Å². The number of hydrogen-bond donors (Lipinski definition) is 1. The first-order valence-corrected chi connectivity index (χ1v) is 12.7. The number of sulfonamides is 1. The van der Waals surface area contributed by atoms with Gasteiger partial charge in [-0.25, -0.2) is 12.8 Å². The maximum atomic E-state index is 14.9. The van der Waals surface area contributed by atoms with Crippen LogP contribution in [-0.4, -0.2) is 56.8 Å². The molecule has 1 fully saturated rings. The van der Waals surface area contributed by atoms with Crippen LogP contribution in [0.15, 0.2) is 65.8 Å². The summed E-state index contributed by atoms with van der Waals surface area (Å²) in [5.41, 5.74) is 0.825. The van der Waals surface area contributed by atoms with Crippen LogP contribution >= 0.6 is 11.6 Å². The van der Waals surface area contributed by atoms with E-state index in [4.69, 9.17) is 11.6 Å². The van der Waals surface area contributed by atoms with E-state index in [0.717, 1.165) is 25.7 Å². The highest BCUT2D eigenvalue weighted by Gasteiger charge is 2.23. The summed E-state index contributed by atoms with van der Waals surface area (Å²) < 4.78 is 43.5. The number of ketones is 1. The SMILES string of the molecule is CCN1CCN(c2ccc(S(=O)(=O)Nc3ccc(Cl)cc3C(=O)c3ccncc3)cc2F)CC1. The molecule has 178 valence electrons. The molecule has 1 aliphatic heterocycles.